The highest BCUT2D eigenvalue weighted by atomic mass is 32.1. The van der Waals surface area contributed by atoms with Gasteiger partial charge < -0.3 is 11.1 Å². The molecule has 1 aromatic heterocycles. The van der Waals surface area contributed by atoms with E-state index >= 15 is 0 Å². The molecule has 0 radical (unpaired) electrons. The Hall–Kier alpha value is -2.49. The van der Waals surface area contributed by atoms with Crippen LogP contribution in [0, 0.1) is 40.4 Å². The zero-order valence-corrected chi connectivity index (χ0v) is 17.2. The first-order valence-electron chi connectivity index (χ1n) is 9.11. The van der Waals surface area contributed by atoms with Crippen LogP contribution in [0.5, 0.6) is 0 Å². The van der Waals surface area contributed by atoms with Gasteiger partial charge in [0.1, 0.15) is 10.6 Å². The minimum atomic E-state index is -2.36. The summed E-state index contributed by atoms with van der Waals surface area (Å²) >= 11 is 1.02. The summed E-state index contributed by atoms with van der Waals surface area (Å²) in [4.78, 5) is 25.2. The molecular formula is C20H19F5N2O2S. The van der Waals surface area contributed by atoms with Crippen LogP contribution >= 0.6 is 11.3 Å². The maximum Gasteiger partial charge on any atom is 0.262 e. The van der Waals surface area contributed by atoms with Crippen molar-refractivity contribution in [1.82, 2.24) is 0 Å². The molecule has 30 heavy (non-hydrogen) atoms. The first-order chi connectivity index (χ1) is 13.8. The van der Waals surface area contributed by atoms with Crippen LogP contribution in [0.15, 0.2) is 0 Å². The SMILES string of the molecule is CC(C)(C)[C@@H]1CCc2c(sc(NC(=O)c3c(F)c(F)c(F)c(F)c3F)c2C(N)=O)C1. The standard InChI is InChI=1S/C20H19F5N2O2S/c1-20(2,3)7-4-5-8-9(6-7)30-19(10(8)17(26)28)27-18(29)11-12(21)14(23)16(25)15(24)13(11)22/h7H,4-6H2,1-3H3,(H2,26,28)(H,27,29)/t7-/m1/s1. The normalized spacial score (nSPS) is 16.3. The van der Waals surface area contributed by atoms with E-state index in [2.05, 4.69) is 26.1 Å². The first kappa shape index (κ1) is 22.2. The van der Waals surface area contributed by atoms with Gasteiger partial charge in [-0.15, -0.1) is 11.3 Å². The molecule has 1 heterocycles. The lowest BCUT2D eigenvalue weighted by atomic mass is 9.72. The van der Waals surface area contributed by atoms with Gasteiger partial charge >= 0.3 is 0 Å². The molecule has 2 aromatic rings. The van der Waals surface area contributed by atoms with E-state index in [1.807, 2.05) is 0 Å². The summed E-state index contributed by atoms with van der Waals surface area (Å²) in [6, 6.07) is 0. The quantitative estimate of drug-likeness (QED) is 0.398. The molecule has 0 saturated carbocycles. The van der Waals surface area contributed by atoms with Crippen LogP contribution in [0.4, 0.5) is 27.0 Å². The number of rotatable bonds is 3. The number of amides is 2. The molecule has 0 saturated heterocycles. The van der Waals surface area contributed by atoms with Crippen molar-refractivity contribution >= 4 is 28.2 Å². The zero-order valence-electron chi connectivity index (χ0n) is 16.4. The van der Waals surface area contributed by atoms with E-state index in [0.717, 1.165) is 22.6 Å². The van der Waals surface area contributed by atoms with E-state index in [4.69, 9.17) is 5.73 Å². The summed E-state index contributed by atoms with van der Waals surface area (Å²) in [5.41, 5.74) is 4.45. The molecule has 1 aromatic carbocycles. The summed E-state index contributed by atoms with van der Waals surface area (Å²) in [7, 11) is 0. The second-order valence-corrected chi connectivity index (χ2v) is 9.38. The van der Waals surface area contributed by atoms with E-state index in [1.54, 1.807) is 0 Å². The van der Waals surface area contributed by atoms with Gasteiger partial charge in [0.05, 0.1) is 5.56 Å². The van der Waals surface area contributed by atoms with Crippen LogP contribution in [-0.4, -0.2) is 11.8 Å². The number of fused-ring (bicyclic) bond motifs is 1. The van der Waals surface area contributed by atoms with Gasteiger partial charge in [-0.25, -0.2) is 22.0 Å². The maximum absolute atomic E-state index is 14.0. The Bertz CT molecular complexity index is 1030. The predicted molar refractivity (Wildman–Crippen MR) is 102 cm³/mol. The Balaban J connectivity index is 2.02. The molecule has 1 aliphatic carbocycles. The minimum absolute atomic E-state index is 0.000388. The fourth-order valence-electron chi connectivity index (χ4n) is 3.64. The Morgan fingerprint density at radius 1 is 0.967 bits per heavy atom. The van der Waals surface area contributed by atoms with Crippen molar-refractivity contribution in [2.45, 2.75) is 40.0 Å². The van der Waals surface area contributed by atoms with Crippen molar-refractivity contribution in [3.63, 3.8) is 0 Å². The van der Waals surface area contributed by atoms with Crippen molar-refractivity contribution in [1.29, 1.82) is 0 Å². The third-order valence-electron chi connectivity index (χ3n) is 5.40. The molecular weight excluding hydrogens is 427 g/mol. The number of carbonyl (C=O) groups excluding carboxylic acids is 2. The maximum atomic E-state index is 14.0. The van der Waals surface area contributed by atoms with Crippen LogP contribution < -0.4 is 11.1 Å². The van der Waals surface area contributed by atoms with Gasteiger partial charge in [0.2, 0.25) is 5.82 Å². The second kappa shape index (κ2) is 7.64. The van der Waals surface area contributed by atoms with Crippen molar-refractivity contribution < 1.29 is 31.5 Å². The zero-order chi connectivity index (χ0) is 22.5. The highest BCUT2D eigenvalue weighted by Crippen LogP contribution is 2.44. The largest absolute Gasteiger partial charge is 0.365 e. The molecule has 4 nitrogen and oxygen atoms in total. The summed E-state index contributed by atoms with van der Waals surface area (Å²) in [5, 5.41) is 2.04. The number of anilines is 1. The molecule has 10 heteroatoms. The monoisotopic (exact) mass is 446 g/mol. The van der Waals surface area contributed by atoms with Gasteiger partial charge in [-0.05, 0) is 36.2 Å². The molecule has 1 atom stereocenters. The number of nitrogens with one attached hydrogen (secondary N) is 1. The van der Waals surface area contributed by atoms with Crippen LogP contribution in [0.2, 0.25) is 0 Å². The van der Waals surface area contributed by atoms with Crippen molar-refractivity contribution in [3.8, 4) is 0 Å². The highest BCUT2D eigenvalue weighted by molar-refractivity contribution is 7.17. The lowest BCUT2D eigenvalue weighted by Gasteiger charge is -2.33. The highest BCUT2D eigenvalue weighted by Gasteiger charge is 2.35. The third kappa shape index (κ3) is 3.68. The number of nitrogens with two attached hydrogens (primary N) is 1. The van der Waals surface area contributed by atoms with Crippen molar-refractivity contribution in [2.24, 2.45) is 17.1 Å². The number of thiophene rings is 1. The molecule has 3 N–H and O–H groups in total. The fraction of sp³-hybridized carbons (Fsp3) is 0.400. The average molecular weight is 446 g/mol. The molecule has 0 unspecified atom stereocenters. The molecule has 0 bridgehead atoms. The number of carbonyl (C=O) groups is 2. The molecule has 2 amide bonds. The van der Waals surface area contributed by atoms with Gasteiger partial charge in [-0.1, -0.05) is 20.8 Å². The Morgan fingerprint density at radius 2 is 1.50 bits per heavy atom. The number of halogens is 5. The smallest absolute Gasteiger partial charge is 0.262 e. The predicted octanol–water partition coefficient (Wildman–Crippen LogP) is 4.95. The average Bonchev–Trinajstić information content (AvgIpc) is 3.01. The second-order valence-electron chi connectivity index (χ2n) is 8.28. The fourth-order valence-corrected chi connectivity index (χ4v) is 4.97. The van der Waals surface area contributed by atoms with E-state index in [0.29, 0.717) is 24.3 Å². The van der Waals surface area contributed by atoms with Crippen molar-refractivity contribution in [2.75, 3.05) is 5.32 Å². The Labute approximate surface area is 173 Å². The van der Waals surface area contributed by atoms with Gasteiger partial charge in [-0.2, -0.15) is 0 Å². The van der Waals surface area contributed by atoms with E-state index in [1.165, 1.54) is 0 Å². The molecule has 0 aliphatic heterocycles. The summed E-state index contributed by atoms with van der Waals surface area (Å²) in [6.45, 7) is 6.24. The van der Waals surface area contributed by atoms with E-state index in [-0.39, 0.29) is 16.0 Å². The van der Waals surface area contributed by atoms with Gasteiger partial charge in [0.15, 0.2) is 23.3 Å². The summed E-state index contributed by atoms with van der Waals surface area (Å²) < 4.78 is 68.0. The lowest BCUT2D eigenvalue weighted by molar-refractivity contribution is 0.1000. The van der Waals surface area contributed by atoms with Gasteiger partial charge in [-0.3, -0.25) is 9.59 Å². The van der Waals surface area contributed by atoms with Gasteiger partial charge in [0.25, 0.3) is 11.8 Å². The third-order valence-corrected chi connectivity index (χ3v) is 6.57. The lowest BCUT2D eigenvalue weighted by Crippen LogP contribution is -2.27. The Morgan fingerprint density at radius 3 is 2.00 bits per heavy atom. The molecule has 3 rings (SSSR count). The summed E-state index contributed by atoms with van der Waals surface area (Å²) in [6.07, 6.45) is 1.91. The number of benzene rings is 1. The summed E-state index contributed by atoms with van der Waals surface area (Å²) in [5.74, 6) is -13.4. The van der Waals surface area contributed by atoms with Crippen molar-refractivity contribution in [3.05, 3.63) is 50.7 Å². The topological polar surface area (TPSA) is 72.2 Å². The first-order valence-corrected chi connectivity index (χ1v) is 9.93. The van der Waals surface area contributed by atoms with Crippen LogP contribution in [0.3, 0.4) is 0 Å². The number of primary amides is 1. The van der Waals surface area contributed by atoms with Crippen LogP contribution in [0.25, 0.3) is 0 Å². The molecule has 162 valence electrons. The number of hydrogen-bond acceptors (Lipinski definition) is 3. The van der Waals surface area contributed by atoms with E-state index in [9.17, 15) is 31.5 Å². The Kier molecular flexibility index (Phi) is 5.66. The molecule has 1 aliphatic rings. The van der Waals surface area contributed by atoms with Gasteiger partial charge in [0, 0.05) is 4.88 Å². The van der Waals surface area contributed by atoms with Crippen LogP contribution in [-0.2, 0) is 12.8 Å². The molecule has 0 spiro atoms. The van der Waals surface area contributed by atoms with Crippen LogP contribution in [0.1, 0.15) is 58.3 Å². The van der Waals surface area contributed by atoms with E-state index < -0.39 is 46.5 Å². The molecule has 0 fully saturated rings. The minimum Gasteiger partial charge on any atom is -0.365 e. The number of hydrogen-bond donors (Lipinski definition) is 2.